The Morgan fingerprint density at radius 3 is 2.92 bits per heavy atom. The minimum atomic E-state index is 0.262. The molecule has 2 fully saturated rings. The molecule has 6 heteroatoms. The maximum absolute atomic E-state index is 11.9. The van der Waals surface area contributed by atoms with Crippen LogP contribution in [0.25, 0.3) is 10.9 Å². The van der Waals surface area contributed by atoms with Crippen LogP contribution in [0.1, 0.15) is 25.3 Å². The highest BCUT2D eigenvalue weighted by molar-refractivity contribution is 6.31. The molecule has 0 aliphatic carbocycles. The molecule has 4 rings (SSSR count). The number of hydrogen-bond acceptors (Lipinski definition) is 5. The van der Waals surface area contributed by atoms with Crippen LogP contribution in [0.4, 0.5) is 5.69 Å². The molecule has 124 valence electrons. The summed E-state index contributed by atoms with van der Waals surface area (Å²) in [6, 6.07) is 10.4. The van der Waals surface area contributed by atoms with Crippen LogP contribution in [0.2, 0.25) is 0 Å². The maximum atomic E-state index is 11.9. The first-order valence-electron chi connectivity index (χ1n) is 8.68. The summed E-state index contributed by atoms with van der Waals surface area (Å²) in [6.45, 7) is 4.80. The van der Waals surface area contributed by atoms with Crippen molar-refractivity contribution in [1.29, 1.82) is 5.26 Å². The Morgan fingerprint density at radius 1 is 1.28 bits per heavy atom. The van der Waals surface area contributed by atoms with E-state index in [0.29, 0.717) is 41.3 Å². The Balaban J connectivity index is 1.75. The minimum absolute atomic E-state index is 0.262. The second-order valence-corrected chi connectivity index (χ2v) is 7.01. The van der Waals surface area contributed by atoms with Gasteiger partial charge in [0, 0.05) is 55.6 Å². The lowest BCUT2D eigenvalue weighted by molar-refractivity contribution is -0.124. The second kappa shape index (κ2) is 6.16. The number of rotatable bonds is 1. The largest absolute Gasteiger partial charge is 0.368 e. The number of carbonyl (C=O) groups is 1. The lowest BCUT2D eigenvalue weighted by Crippen LogP contribution is -2.60. The number of Topliss-reactive ketones (excluding diaryl/α,β-unsaturated/α-hetero) is 1. The van der Waals surface area contributed by atoms with Gasteiger partial charge in [-0.1, -0.05) is 6.07 Å². The van der Waals surface area contributed by atoms with Crippen LogP contribution in [-0.2, 0) is 4.79 Å². The molecular formula is C19H19BN4O. The van der Waals surface area contributed by atoms with Crippen molar-refractivity contribution in [2.24, 2.45) is 0 Å². The highest BCUT2D eigenvalue weighted by Gasteiger charge is 2.36. The van der Waals surface area contributed by atoms with E-state index < -0.39 is 0 Å². The Bertz CT molecular complexity index is 891. The van der Waals surface area contributed by atoms with E-state index in [1.807, 2.05) is 18.2 Å². The molecule has 2 aliphatic rings. The van der Waals surface area contributed by atoms with E-state index in [4.69, 9.17) is 7.85 Å². The van der Waals surface area contributed by atoms with Gasteiger partial charge in [0.25, 0.3) is 0 Å². The van der Waals surface area contributed by atoms with Gasteiger partial charge in [-0.3, -0.25) is 14.7 Å². The Labute approximate surface area is 148 Å². The smallest absolute Gasteiger partial charge is 0.141 e. The lowest BCUT2D eigenvalue weighted by Gasteiger charge is -2.48. The molecule has 1 aromatic carbocycles. The van der Waals surface area contributed by atoms with Crippen molar-refractivity contribution in [3.8, 4) is 6.07 Å². The number of piperidine rings is 1. The summed E-state index contributed by atoms with van der Waals surface area (Å²) in [5.41, 5.74) is 2.66. The number of ketones is 1. The fourth-order valence-electron chi connectivity index (χ4n) is 4.20. The van der Waals surface area contributed by atoms with E-state index >= 15 is 0 Å². The quantitative estimate of drug-likeness (QED) is 0.734. The predicted octanol–water partition coefficient (Wildman–Crippen LogP) is 1.14. The summed E-state index contributed by atoms with van der Waals surface area (Å²) >= 11 is 0. The first kappa shape index (κ1) is 16.1. The molecule has 25 heavy (non-hydrogen) atoms. The van der Waals surface area contributed by atoms with Crippen LogP contribution >= 0.6 is 0 Å². The third-order valence-electron chi connectivity index (χ3n) is 5.38. The zero-order valence-corrected chi connectivity index (χ0v) is 14.3. The summed E-state index contributed by atoms with van der Waals surface area (Å²) in [6.07, 6.45) is 1.30. The second-order valence-electron chi connectivity index (χ2n) is 7.01. The minimum Gasteiger partial charge on any atom is -0.368 e. The summed E-state index contributed by atoms with van der Waals surface area (Å²) in [7, 11) is 5.82. The highest BCUT2D eigenvalue weighted by Crippen LogP contribution is 2.32. The molecule has 2 atom stereocenters. The normalized spacial score (nSPS) is 24.2. The number of fused-ring (bicyclic) bond motifs is 2. The van der Waals surface area contributed by atoms with Crippen LogP contribution in [0.3, 0.4) is 0 Å². The average Bonchev–Trinajstić information content (AvgIpc) is 2.60. The van der Waals surface area contributed by atoms with Gasteiger partial charge in [0.2, 0.25) is 0 Å². The summed E-state index contributed by atoms with van der Waals surface area (Å²) in [4.78, 5) is 21.1. The summed E-state index contributed by atoms with van der Waals surface area (Å²) in [5, 5.41) is 10.3. The molecule has 3 heterocycles. The van der Waals surface area contributed by atoms with Crippen molar-refractivity contribution < 1.29 is 4.79 Å². The number of nitrogens with zero attached hydrogens (tertiary/aromatic N) is 4. The number of hydrogen-bond donors (Lipinski definition) is 0. The molecule has 0 spiro atoms. The zero-order valence-electron chi connectivity index (χ0n) is 14.3. The van der Waals surface area contributed by atoms with Gasteiger partial charge in [-0.15, -0.1) is 0 Å². The van der Waals surface area contributed by atoms with Crippen molar-refractivity contribution in [3.63, 3.8) is 0 Å². The number of benzene rings is 1. The van der Waals surface area contributed by atoms with Gasteiger partial charge < -0.3 is 4.90 Å². The van der Waals surface area contributed by atoms with Crippen LogP contribution in [-0.4, -0.2) is 55.2 Å². The Hall–Kier alpha value is -2.39. The van der Waals surface area contributed by atoms with Crippen molar-refractivity contribution >= 4 is 35.8 Å². The van der Waals surface area contributed by atoms with Crippen LogP contribution in [0.5, 0.6) is 0 Å². The molecule has 2 saturated heterocycles. The van der Waals surface area contributed by atoms with Gasteiger partial charge in [-0.2, -0.15) is 5.26 Å². The fourth-order valence-corrected chi connectivity index (χ4v) is 4.20. The highest BCUT2D eigenvalue weighted by atomic mass is 16.1. The van der Waals surface area contributed by atoms with E-state index in [1.165, 1.54) is 0 Å². The van der Waals surface area contributed by atoms with E-state index in [2.05, 4.69) is 27.8 Å². The zero-order chi connectivity index (χ0) is 17.6. The van der Waals surface area contributed by atoms with Crippen LogP contribution in [0, 0.1) is 11.3 Å². The van der Waals surface area contributed by atoms with E-state index in [1.54, 1.807) is 6.07 Å². The predicted molar refractivity (Wildman–Crippen MR) is 98.3 cm³/mol. The fraction of sp³-hybridized carbons (Fsp3) is 0.421. The van der Waals surface area contributed by atoms with Gasteiger partial charge in [0.1, 0.15) is 19.7 Å². The molecule has 5 nitrogen and oxygen atoms in total. The molecule has 2 aromatic rings. The summed E-state index contributed by atoms with van der Waals surface area (Å²) in [5.74, 6) is 0.356. The van der Waals surface area contributed by atoms with Gasteiger partial charge in [-0.25, -0.2) is 0 Å². The molecule has 0 saturated carbocycles. The molecule has 2 radical (unpaired) electrons. The topological polar surface area (TPSA) is 60.2 Å². The third-order valence-corrected chi connectivity index (χ3v) is 5.38. The number of anilines is 1. The average molecular weight is 330 g/mol. The standard InChI is InChI=1S/C19H19BN4O/c1-12-10-23(11-14-8-15(25)6-7-24(12)14)17-4-2-13(9-21)19-16(17)3-5-18(20)22-19/h2-5,12,14H,6-8,10-11H2,1H3/t12-,14?/m1/s1. The molecule has 1 aromatic heterocycles. The van der Waals surface area contributed by atoms with E-state index in [9.17, 15) is 10.1 Å². The Kier molecular flexibility index (Phi) is 3.97. The first-order chi connectivity index (χ1) is 12.1. The molecule has 0 N–H and O–H groups in total. The molecule has 0 bridgehead atoms. The maximum Gasteiger partial charge on any atom is 0.141 e. The molecule has 2 aliphatic heterocycles. The Morgan fingerprint density at radius 2 is 2.12 bits per heavy atom. The number of carbonyl (C=O) groups excluding carboxylic acids is 1. The third kappa shape index (κ3) is 2.79. The van der Waals surface area contributed by atoms with Gasteiger partial charge in [0.05, 0.1) is 11.1 Å². The van der Waals surface area contributed by atoms with Crippen LogP contribution < -0.4 is 10.5 Å². The van der Waals surface area contributed by atoms with Gasteiger partial charge >= 0.3 is 0 Å². The monoisotopic (exact) mass is 330 g/mol. The van der Waals surface area contributed by atoms with Gasteiger partial charge in [-0.05, 0) is 30.7 Å². The van der Waals surface area contributed by atoms with Crippen LogP contribution in [0.15, 0.2) is 24.3 Å². The lowest BCUT2D eigenvalue weighted by atomic mass is 9.94. The van der Waals surface area contributed by atoms with E-state index in [-0.39, 0.29) is 6.04 Å². The van der Waals surface area contributed by atoms with Gasteiger partial charge in [0.15, 0.2) is 0 Å². The first-order valence-corrected chi connectivity index (χ1v) is 8.68. The number of pyridine rings is 1. The van der Waals surface area contributed by atoms with Crippen molar-refractivity contribution in [1.82, 2.24) is 9.88 Å². The number of piperazine rings is 1. The van der Waals surface area contributed by atoms with Crippen molar-refractivity contribution in [3.05, 3.63) is 29.8 Å². The molecule has 1 unspecified atom stereocenters. The van der Waals surface area contributed by atoms with E-state index in [0.717, 1.165) is 30.7 Å². The number of nitriles is 1. The SMILES string of the molecule is [B]c1ccc2c(N3CC4CC(=O)CCN4[C@H](C)C3)ccc(C#N)c2n1. The van der Waals surface area contributed by atoms with Crippen molar-refractivity contribution in [2.75, 3.05) is 24.5 Å². The molecule has 0 amide bonds. The summed E-state index contributed by atoms with van der Waals surface area (Å²) < 4.78 is 0. The van der Waals surface area contributed by atoms with Crippen molar-refractivity contribution in [2.45, 2.75) is 31.8 Å². The molecular weight excluding hydrogens is 311 g/mol. The number of aromatic nitrogens is 1.